The second kappa shape index (κ2) is 20.8. The van der Waals surface area contributed by atoms with Crippen molar-refractivity contribution < 1.29 is 9.53 Å². The number of carbonyl (C=O) groups excluding carboxylic acids is 1. The maximum Gasteiger partial charge on any atom is 0.306 e. The fraction of sp³-hybridized carbons (Fsp3) is 0.854. The summed E-state index contributed by atoms with van der Waals surface area (Å²) in [5.41, 5.74) is 2.49. The summed E-state index contributed by atoms with van der Waals surface area (Å²) in [7, 11) is 0. The molecule has 4 aliphatic carbocycles. The molecule has 0 N–H and O–H groups in total. The molecule has 0 aromatic rings. The number of unbranched alkanes of at least 4 members (excludes halogenated alkanes) is 10. The van der Waals surface area contributed by atoms with Crippen LogP contribution >= 0.6 is 0 Å². The van der Waals surface area contributed by atoms with Crippen LogP contribution in [-0.4, -0.2) is 12.1 Å². The average molecular weight is 691 g/mol. The Kier molecular flexibility index (Phi) is 17.2. The lowest BCUT2D eigenvalue weighted by Gasteiger charge is -2.58. The van der Waals surface area contributed by atoms with Gasteiger partial charge in [0, 0.05) is 12.8 Å². The molecular formula is C48H82O2. The summed E-state index contributed by atoms with van der Waals surface area (Å²) in [6.07, 6.45) is 42.0. The number of carbonyl (C=O) groups is 1. The van der Waals surface area contributed by atoms with Crippen molar-refractivity contribution in [2.24, 2.45) is 52.3 Å². The fourth-order valence-corrected chi connectivity index (χ4v) is 11.9. The second-order valence-electron chi connectivity index (χ2n) is 18.7. The Labute approximate surface area is 311 Å². The van der Waals surface area contributed by atoms with Gasteiger partial charge in [-0.1, -0.05) is 142 Å². The molecule has 0 bridgehead atoms. The molecule has 0 spiro atoms. The van der Waals surface area contributed by atoms with Crippen molar-refractivity contribution in [1.82, 2.24) is 0 Å². The van der Waals surface area contributed by atoms with Gasteiger partial charge in [0.1, 0.15) is 6.10 Å². The normalized spacial score (nSPS) is 32.2. The van der Waals surface area contributed by atoms with Crippen molar-refractivity contribution in [1.29, 1.82) is 0 Å². The van der Waals surface area contributed by atoms with Crippen molar-refractivity contribution in [3.63, 3.8) is 0 Å². The fourth-order valence-electron chi connectivity index (χ4n) is 11.9. The molecule has 0 aliphatic heterocycles. The van der Waals surface area contributed by atoms with Gasteiger partial charge in [-0.3, -0.25) is 4.79 Å². The van der Waals surface area contributed by atoms with Gasteiger partial charge < -0.3 is 4.74 Å². The number of rotatable bonds is 22. The predicted molar refractivity (Wildman–Crippen MR) is 216 cm³/mol. The Balaban J connectivity index is 1.13. The highest BCUT2D eigenvalue weighted by Gasteiger charge is 2.59. The van der Waals surface area contributed by atoms with Gasteiger partial charge in [-0.05, 0) is 136 Å². The van der Waals surface area contributed by atoms with Gasteiger partial charge in [0.05, 0.1) is 0 Å². The minimum atomic E-state index is 0.0370. The first-order valence-electron chi connectivity index (χ1n) is 22.3. The Morgan fingerprint density at radius 2 is 1.50 bits per heavy atom. The highest BCUT2D eigenvalue weighted by molar-refractivity contribution is 5.69. The first kappa shape index (κ1) is 41.4. The summed E-state index contributed by atoms with van der Waals surface area (Å²) in [5.74, 6) is 6.10. The van der Waals surface area contributed by atoms with Crippen molar-refractivity contribution in [3.05, 3.63) is 36.0 Å². The third-order valence-corrected chi connectivity index (χ3v) is 15.2. The van der Waals surface area contributed by atoms with Gasteiger partial charge in [-0.25, -0.2) is 0 Å². The summed E-state index contributed by atoms with van der Waals surface area (Å²) >= 11 is 0. The monoisotopic (exact) mass is 691 g/mol. The van der Waals surface area contributed by atoms with Crippen LogP contribution in [0.4, 0.5) is 0 Å². The highest BCUT2D eigenvalue weighted by atomic mass is 16.5. The average Bonchev–Trinajstić information content (AvgIpc) is 3.45. The predicted octanol–water partition coefficient (Wildman–Crippen LogP) is 14.8. The third-order valence-electron chi connectivity index (χ3n) is 15.2. The van der Waals surface area contributed by atoms with E-state index in [1.807, 2.05) is 0 Å². The zero-order chi connectivity index (χ0) is 36.0. The standard InChI is InChI=1S/C48H82O2/c1-8-10-11-12-13-14-15-16-17-18-19-20-21-22-23-24-25-46(49)50-41-32-34-47(6)40(36-41)28-29-42-44-31-30-43(48(44,7)35-33-45(42)47)38(5)26-27-39(9-2)37(3)4/h17-20,28,37-39,41-45H,8-16,21-27,29-36H2,1-7H3/b18-17+,20-19+. The molecule has 9 unspecified atom stereocenters. The first-order valence-corrected chi connectivity index (χ1v) is 22.3. The second-order valence-corrected chi connectivity index (χ2v) is 18.7. The molecule has 0 heterocycles. The number of esters is 1. The molecule has 2 heteroatoms. The molecule has 286 valence electrons. The number of hydrogen-bond acceptors (Lipinski definition) is 2. The zero-order valence-electron chi connectivity index (χ0n) is 34.3. The van der Waals surface area contributed by atoms with Gasteiger partial charge in [-0.15, -0.1) is 0 Å². The van der Waals surface area contributed by atoms with E-state index in [4.69, 9.17) is 4.74 Å². The lowest BCUT2D eigenvalue weighted by atomic mass is 9.47. The summed E-state index contributed by atoms with van der Waals surface area (Å²) in [6.45, 7) is 17.5. The first-order chi connectivity index (χ1) is 24.1. The molecule has 0 amide bonds. The van der Waals surface area contributed by atoms with Crippen LogP contribution < -0.4 is 0 Å². The minimum absolute atomic E-state index is 0.0370. The molecule has 0 saturated heterocycles. The lowest BCUT2D eigenvalue weighted by molar-refractivity contribution is -0.151. The van der Waals surface area contributed by atoms with Crippen molar-refractivity contribution in [3.8, 4) is 0 Å². The summed E-state index contributed by atoms with van der Waals surface area (Å²) in [6, 6.07) is 0. The van der Waals surface area contributed by atoms with E-state index in [1.165, 1.54) is 109 Å². The van der Waals surface area contributed by atoms with E-state index in [0.717, 1.165) is 80.0 Å². The van der Waals surface area contributed by atoms with E-state index in [-0.39, 0.29) is 12.1 Å². The molecule has 4 aliphatic rings. The Hall–Kier alpha value is -1.31. The highest BCUT2D eigenvalue weighted by Crippen LogP contribution is 2.67. The smallest absolute Gasteiger partial charge is 0.306 e. The van der Waals surface area contributed by atoms with E-state index in [2.05, 4.69) is 78.8 Å². The van der Waals surface area contributed by atoms with Gasteiger partial charge in [0.25, 0.3) is 0 Å². The number of fused-ring (bicyclic) bond motifs is 5. The molecule has 2 nitrogen and oxygen atoms in total. The van der Waals surface area contributed by atoms with E-state index in [9.17, 15) is 4.79 Å². The maximum atomic E-state index is 12.8. The number of ether oxygens (including phenoxy) is 1. The topological polar surface area (TPSA) is 26.3 Å². The molecule has 0 radical (unpaired) electrons. The maximum absolute atomic E-state index is 12.8. The van der Waals surface area contributed by atoms with E-state index in [0.29, 0.717) is 17.3 Å². The summed E-state index contributed by atoms with van der Waals surface area (Å²) in [5, 5.41) is 0. The van der Waals surface area contributed by atoms with Gasteiger partial charge in [-0.2, -0.15) is 0 Å². The minimum Gasteiger partial charge on any atom is -0.462 e. The quantitative estimate of drug-likeness (QED) is 0.0489. The van der Waals surface area contributed by atoms with Crippen molar-refractivity contribution in [2.45, 2.75) is 209 Å². The number of hydrogen-bond donors (Lipinski definition) is 0. The summed E-state index contributed by atoms with van der Waals surface area (Å²) in [4.78, 5) is 12.8. The molecule has 3 fully saturated rings. The Bertz CT molecular complexity index is 1080. The van der Waals surface area contributed by atoms with E-state index < -0.39 is 0 Å². The molecule has 9 atom stereocenters. The van der Waals surface area contributed by atoms with Gasteiger partial charge >= 0.3 is 5.97 Å². The van der Waals surface area contributed by atoms with Crippen LogP contribution in [0.25, 0.3) is 0 Å². The van der Waals surface area contributed by atoms with Crippen LogP contribution in [0.2, 0.25) is 0 Å². The SMILES string of the molecule is CCCCCCCCC/C=C/C=C/CCCCCC(=O)OC1CCC2(C)C(=CCC3C2CCC2(C)C(C(C)CCC(CC)C(C)C)CCC32)C1. The Morgan fingerprint density at radius 1 is 0.820 bits per heavy atom. The molecule has 0 aromatic carbocycles. The van der Waals surface area contributed by atoms with Crippen LogP contribution in [0.3, 0.4) is 0 Å². The zero-order valence-corrected chi connectivity index (χ0v) is 34.3. The molecule has 4 rings (SSSR count). The van der Waals surface area contributed by atoms with Crippen LogP contribution in [-0.2, 0) is 9.53 Å². The van der Waals surface area contributed by atoms with Gasteiger partial charge in [0.15, 0.2) is 0 Å². The molecule has 0 aromatic heterocycles. The van der Waals surface area contributed by atoms with Crippen LogP contribution in [0.15, 0.2) is 36.0 Å². The molecular weight excluding hydrogens is 609 g/mol. The van der Waals surface area contributed by atoms with Gasteiger partial charge in [0.2, 0.25) is 0 Å². The van der Waals surface area contributed by atoms with Crippen LogP contribution in [0, 0.1) is 52.3 Å². The van der Waals surface area contributed by atoms with Crippen molar-refractivity contribution in [2.75, 3.05) is 0 Å². The molecule has 3 saturated carbocycles. The molecule has 50 heavy (non-hydrogen) atoms. The van der Waals surface area contributed by atoms with E-state index >= 15 is 0 Å². The van der Waals surface area contributed by atoms with Crippen molar-refractivity contribution >= 4 is 5.97 Å². The third kappa shape index (κ3) is 11.1. The van der Waals surface area contributed by atoms with Crippen LogP contribution in [0.1, 0.15) is 203 Å². The summed E-state index contributed by atoms with van der Waals surface area (Å²) < 4.78 is 6.13. The number of allylic oxidation sites excluding steroid dienone is 5. The lowest BCUT2D eigenvalue weighted by Crippen LogP contribution is -2.51. The largest absolute Gasteiger partial charge is 0.462 e. The van der Waals surface area contributed by atoms with E-state index in [1.54, 1.807) is 5.57 Å². The van der Waals surface area contributed by atoms with Crippen LogP contribution in [0.5, 0.6) is 0 Å². The Morgan fingerprint density at radius 3 is 2.18 bits per heavy atom.